The number of benzene rings is 1. The first kappa shape index (κ1) is 17.4. The van der Waals surface area contributed by atoms with Gasteiger partial charge in [-0.25, -0.2) is 4.39 Å². The second-order valence-electron chi connectivity index (χ2n) is 6.20. The molecule has 0 aliphatic carbocycles. The molecule has 1 saturated heterocycles. The number of likely N-dealkylation sites (tertiary alicyclic amines) is 1. The normalized spacial score (nSPS) is 18.0. The molecule has 2 heterocycles. The Kier molecular flexibility index (Phi) is 4.30. The van der Waals surface area contributed by atoms with Gasteiger partial charge in [-0.2, -0.15) is 18.3 Å². The molecule has 1 aliphatic heterocycles. The summed E-state index contributed by atoms with van der Waals surface area (Å²) in [6.07, 6.45) is -3.29. The summed E-state index contributed by atoms with van der Waals surface area (Å²) < 4.78 is 51.8. The molecule has 0 spiro atoms. The predicted octanol–water partition coefficient (Wildman–Crippen LogP) is 4.16. The number of H-pyrrole nitrogens is 1. The lowest BCUT2D eigenvalue weighted by molar-refractivity contribution is -0.140. The van der Waals surface area contributed by atoms with Crippen LogP contribution in [-0.2, 0) is 6.18 Å². The molecule has 0 bridgehead atoms. The first-order valence-electron chi connectivity index (χ1n) is 7.89. The van der Waals surface area contributed by atoms with Gasteiger partial charge in [-0.15, -0.1) is 0 Å². The fraction of sp³-hybridized carbons (Fsp3) is 0.412. The van der Waals surface area contributed by atoms with E-state index in [0.29, 0.717) is 18.7 Å². The smallest absolute Gasteiger partial charge is 0.331 e. The highest BCUT2D eigenvalue weighted by molar-refractivity contribution is 5.94. The number of nitrogens with zero attached hydrogens (tertiary/aromatic N) is 2. The molecule has 25 heavy (non-hydrogen) atoms. The second kappa shape index (κ2) is 6.16. The number of amides is 1. The summed E-state index contributed by atoms with van der Waals surface area (Å²) in [6, 6.07) is 2.09. The van der Waals surface area contributed by atoms with Crippen molar-refractivity contribution in [2.75, 3.05) is 6.54 Å². The van der Waals surface area contributed by atoms with Gasteiger partial charge in [-0.1, -0.05) is 0 Å². The molecular weight excluding hydrogens is 338 g/mol. The van der Waals surface area contributed by atoms with Crippen LogP contribution in [0.1, 0.15) is 51.8 Å². The van der Waals surface area contributed by atoms with Crippen LogP contribution in [0, 0.1) is 19.7 Å². The Labute approximate surface area is 141 Å². The number of aryl methyl sites for hydroxylation is 2. The van der Waals surface area contributed by atoms with E-state index >= 15 is 0 Å². The summed E-state index contributed by atoms with van der Waals surface area (Å²) in [5.41, 5.74) is 1.08. The number of hydrogen-bond donors (Lipinski definition) is 1. The first-order valence-corrected chi connectivity index (χ1v) is 7.89. The summed E-state index contributed by atoms with van der Waals surface area (Å²) in [6.45, 7) is 4.15. The molecule has 134 valence electrons. The molecule has 4 nitrogen and oxygen atoms in total. The maximum atomic E-state index is 13.8. The van der Waals surface area contributed by atoms with Gasteiger partial charge < -0.3 is 4.90 Å². The van der Waals surface area contributed by atoms with Crippen molar-refractivity contribution in [3.05, 3.63) is 52.1 Å². The standard InChI is InChI=1S/C17H17F4N3O/c1-9-15(10(2)23-22-9)14-4-3-7-24(14)16(25)11-5-6-12(13(18)8-11)17(19,20)21/h5-6,8,14H,3-4,7H2,1-2H3,(H,22,23). The molecule has 1 N–H and O–H groups in total. The van der Waals surface area contributed by atoms with Crippen LogP contribution < -0.4 is 0 Å². The lowest BCUT2D eigenvalue weighted by Gasteiger charge is -2.25. The quantitative estimate of drug-likeness (QED) is 0.823. The van der Waals surface area contributed by atoms with Crippen molar-refractivity contribution >= 4 is 5.91 Å². The highest BCUT2D eigenvalue weighted by Crippen LogP contribution is 2.36. The summed E-state index contributed by atoms with van der Waals surface area (Å²) in [7, 11) is 0. The van der Waals surface area contributed by atoms with Gasteiger partial charge >= 0.3 is 6.18 Å². The predicted molar refractivity (Wildman–Crippen MR) is 82.5 cm³/mol. The third-order valence-electron chi connectivity index (χ3n) is 4.55. The number of rotatable bonds is 2. The number of hydrogen-bond acceptors (Lipinski definition) is 2. The topological polar surface area (TPSA) is 49.0 Å². The molecule has 1 aliphatic rings. The molecule has 1 atom stereocenters. The van der Waals surface area contributed by atoms with Gasteiger partial charge in [-0.05, 0) is 44.9 Å². The first-order chi connectivity index (χ1) is 11.7. The average molecular weight is 355 g/mol. The maximum absolute atomic E-state index is 13.8. The zero-order valence-electron chi connectivity index (χ0n) is 13.7. The molecule has 1 aromatic carbocycles. The van der Waals surface area contributed by atoms with Crippen molar-refractivity contribution in [2.45, 2.75) is 38.9 Å². The van der Waals surface area contributed by atoms with E-state index in [1.165, 1.54) is 0 Å². The average Bonchev–Trinajstić information content (AvgIpc) is 3.11. The van der Waals surface area contributed by atoms with Crippen LogP contribution in [0.3, 0.4) is 0 Å². The Morgan fingerprint density at radius 1 is 1.32 bits per heavy atom. The van der Waals surface area contributed by atoms with Crippen LogP contribution in [0.5, 0.6) is 0 Å². The molecule has 0 saturated carbocycles. The van der Waals surface area contributed by atoms with Crippen LogP contribution >= 0.6 is 0 Å². The third kappa shape index (κ3) is 3.12. The van der Waals surface area contributed by atoms with E-state index in [2.05, 4.69) is 10.2 Å². The monoisotopic (exact) mass is 355 g/mol. The van der Waals surface area contributed by atoms with Gasteiger partial charge in [0, 0.05) is 23.4 Å². The molecule has 1 aromatic heterocycles. The van der Waals surface area contributed by atoms with Crippen molar-refractivity contribution in [3.63, 3.8) is 0 Å². The van der Waals surface area contributed by atoms with Crippen molar-refractivity contribution < 1.29 is 22.4 Å². The Balaban J connectivity index is 1.91. The van der Waals surface area contributed by atoms with E-state index in [1.807, 2.05) is 13.8 Å². The maximum Gasteiger partial charge on any atom is 0.419 e. The number of halogens is 4. The largest absolute Gasteiger partial charge is 0.419 e. The summed E-state index contributed by atoms with van der Waals surface area (Å²) in [5, 5.41) is 7.01. The minimum absolute atomic E-state index is 0.0869. The highest BCUT2D eigenvalue weighted by atomic mass is 19.4. The van der Waals surface area contributed by atoms with E-state index in [9.17, 15) is 22.4 Å². The lowest BCUT2D eigenvalue weighted by Crippen LogP contribution is -2.31. The minimum Gasteiger partial charge on any atom is -0.331 e. The minimum atomic E-state index is -4.78. The van der Waals surface area contributed by atoms with Gasteiger partial charge in [-0.3, -0.25) is 9.89 Å². The van der Waals surface area contributed by atoms with Gasteiger partial charge in [0.25, 0.3) is 5.91 Å². The lowest BCUT2D eigenvalue weighted by atomic mass is 10.0. The Hall–Kier alpha value is -2.38. The Morgan fingerprint density at radius 2 is 2.04 bits per heavy atom. The van der Waals surface area contributed by atoms with Crippen molar-refractivity contribution in [3.8, 4) is 0 Å². The molecule has 0 radical (unpaired) electrons. The molecule has 8 heteroatoms. The zero-order valence-corrected chi connectivity index (χ0v) is 13.7. The van der Waals surface area contributed by atoms with Crippen LogP contribution in [0.2, 0.25) is 0 Å². The van der Waals surface area contributed by atoms with Crippen molar-refractivity contribution in [1.82, 2.24) is 15.1 Å². The SMILES string of the molecule is Cc1n[nH]c(C)c1C1CCCN1C(=O)c1ccc(C(F)(F)F)c(F)c1. The fourth-order valence-electron chi connectivity index (χ4n) is 3.40. The molecule has 1 amide bonds. The Bertz CT molecular complexity index is 793. The number of aromatic amines is 1. The summed E-state index contributed by atoms with van der Waals surface area (Å²) in [5.74, 6) is -1.92. The van der Waals surface area contributed by atoms with Crippen molar-refractivity contribution in [1.29, 1.82) is 0 Å². The number of carbonyl (C=O) groups excluding carboxylic acids is 1. The number of alkyl halides is 3. The van der Waals surface area contributed by atoms with E-state index < -0.39 is 23.5 Å². The van der Waals surface area contributed by atoms with Gasteiger partial charge in [0.15, 0.2) is 0 Å². The second-order valence-corrected chi connectivity index (χ2v) is 6.20. The summed E-state index contributed by atoms with van der Waals surface area (Å²) in [4.78, 5) is 14.3. The highest BCUT2D eigenvalue weighted by Gasteiger charge is 2.36. The molecule has 2 aromatic rings. The van der Waals surface area contributed by atoms with Gasteiger partial charge in [0.05, 0.1) is 17.3 Å². The van der Waals surface area contributed by atoms with Crippen LogP contribution in [0.4, 0.5) is 17.6 Å². The van der Waals surface area contributed by atoms with E-state index in [0.717, 1.165) is 35.9 Å². The third-order valence-corrected chi connectivity index (χ3v) is 4.55. The summed E-state index contributed by atoms with van der Waals surface area (Å²) >= 11 is 0. The van der Waals surface area contributed by atoms with Crippen molar-refractivity contribution in [2.24, 2.45) is 0 Å². The zero-order chi connectivity index (χ0) is 18.4. The van der Waals surface area contributed by atoms with E-state index in [4.69, 9.17) is 0 Å². The van der Waals surface area contributed by atoms with Crippen LogP contribution in [-0.4, -0.2) is 27.5 Å². The number of carbonyl (C=O) groups is 1. The fourth-order valence-corrected chi connectivity index (χ4v) is 3.40. The van der Waals surface area contributed by atoms with Crippen LogP contribution in [0.25, 0.3) is 0 Å². The van der Waals surface area contributed by atoms with Gasteiger partial charge in [0.1, 0.15) is 5.82 Å². The molecular formula is C17H17F4N3O. The van der Waals surface area contributed by atoms with E-state index in [1.54, 1.807) is 4.90 Å². The van der Waals surface area contributed by atoms with Gasteiger partial charge in [0.2, 0.25) is 0 Å². The molecule has 3 rings (SSSR count). The molecule has 1 unspecified atom stereocenters. The Morgan fingerprint density at radius 3 is 2.60 bits per heavy atom. The molecule has 1 fully saturated rings. The van der Waals surface area contributed by atoms with Crippen LogP contribution in [0.15, 0.2) is 18.2 Å². The van der Waals surface area contributed by atoms with E-state index in [-0.39, 0.29) is 11.6 Å². The number of aromatic nitrogens is 2. The number of nitrogens with one attached hydrogen (secondary N) is 1.